The van der Waals surface area contributed by atoms with E-state index < -0.39 is 22.8 Å². The number of rotatable bonds is 15. The second-order valence-electron chi connectivity index (χ2n) is 11.9. The molecular formula is C31H45F2N7O5. The Morgan fingerprint density at radius 2 is 1.76 bits per heavy atom. The number of carbonyl (C=O) groups excluding carboxylic acids is 1. The van der Waals surface area contributed by atoms with Gasteiger partial charge in [-0.05, 0) is 43.7 Å². The van der Waals surface area contributed by atoms with Crippen LogP contribution in [-0.2, 0) is 28.2 Å². The lowest BCUT2D eigenvalue weighted by atomic mass is 9.91. The standard InChI is InChI=1S/C18H33NO4.C13H12F2N6O/c1-6-12(3)15(11-20)19-16(22)8-9-18(5)17(23-18)13(4)10-14(21)7-2;14-10-1-2-11(12(15)3-10)13(22,4-20-8-16-6-18-20)5-21-9-17-7-19-21/h8-9,12-15,17,20-21H,6-7,10-11H2,1-5H3,(H,19,22);1-3,6-9,22H,4-5H2/b9-8+;/t12-,13-,14+,15+,17?,18+;/m0./s1. The van der Waals surface area contributed by atoms with Crippen LogP contribution in [0.15, 0.2) is 55.7 Å². The maximum atomic E-state index is 14.1. The van der Waals surface area contributed by atoms with E-state index in [-0.39, 0.29) is 61.3 Å². The Morgan fingerprint density at radius 3 is 2.24 bits per heavy atom. The molecule has 0 saturated carbocycles. The van der Waals surface area contributed by atoms with Gasteiger partial charge in [0.25, 0.3) is 0 Å². The number of nitrogens with zero attached hydrogens (tertiary/aromatic N) is 6. The van der Waals surface area contributed by atoms with Crippen LogP contribution in [-0.4, -0.2) is 81.2 Å². The molecule has 0 spiro atoms. The molecule has 1 aromatic carbocycles. The first-order valence-corrected chi connectivity index (χ1v) is 15.1. The minimum atomic E-state index is -1.70. The molecule has 4 N–H and O–H groups in total. The Bertz CT molecular complexity index is 1320. The van der Waals surface area contributed by atoms with E-state index in [0.717, 1.165) is 25.0 Å². The summed E-state index contributed by atoms with van der Waals surface area (Å²) in [5.74, 6) is -1.30. The lowest BCUT2D eigenvalue weighted by molar-refractivity contribution is -0.117. The minimum Gasteiger partial charge on any atom is -0.394 e. The third-order valence-electron chi connectivity index (χ3n) is 8.15. The highest BCUT2D eigenvalue weighted by Crippen LogP contribution is 2.43. The molecule has 14 heteroatoms. The van der Waals surface area contributed by atoms with Gasteiger partial charge in [-0.2, -0.15) is 10.2 Å². The molecule has 248 valence electrons. The Kier molecular flexibility index (Phi) is 12.8. The Morgan fingerprint density at radius 1 is 1.13 bits per heavy atom. The van der Waals surface area contributed by atoms with Crippen molar-refractivity contribution in [3.05, 3.63) is 72.9 Å². The molecule has 6 atom stereocenters. The molecule has 4 rings (SSSR count). The second-order valence-corrected chi connectivity index (χ2v) is 11.9. The average Bonchev–Trinajstić information content (AvgIpc) is 3.34. The summed E-state index contributed by atoms with van der Waals surface area (Å²) < 4.78 is 35.7. The minimum absolute atomic E-state index is 0.0379. The van der Waals surface area contributed by atoms with Crippen LogP contribution in [0.5, 0.6) is 0 Å². The molecule has 45 heavy (non-hydrogen) atoms. The molecule has 0 aliphatic carbocycles. The number of hydrogen-bond donors (Lipinski definition) is 4. The van der Waals surface area contributed by atoms with E-state index in [1.807, 2.05) is 27.7 Å². The molecule has 0 radical (unpaired) electrons. The monoisotopic (exact) mass is 633 g/mol. The number of amides is 1. The number of halogens is 2. The molecule has 3 heterocycles. The second kappa shape index (κ2) is 16.1. The van der Waals surface area contributed by atoms with Gasteiger partial charge < -0.3 is 25.4 Å². The van der Waals surface area contributed by atoms with Crippen molar-refractivity contribution in [2.75, 3.05) is 6.61 Å². The summed E-state index contributed by atoms with van der Waals surface area (Å²) in [7, 11) is 0. The van der Waals surface area contributed by atoms with E-state index in [1.165, 1.54) is 46.8 Å². The Labute approximate surface area is 262 Å². The van der Waals surface area contributed by atoms with Gasteiger partial charge in [-0.15, -0.1) is 0 Å². The number of nitrogens with one attached hydrogen (secondary N) is 1. The molecule has 1 aliphatic heterocycles. The number of epoxide rings is 1. The summed E-state index contributed by atoms with van der Waals surface area (Å²) in [6.07, 6.45) is 10.8. The molecule has 2 aromatic heterocycles. The van der Waals surface area contributed by atoms with Gasteiger partial charge in [0.05, 0.1) is 37.9 Å². The number of aliphatic hydroxyl groups is 3. The van der Waals surface area contributed by atoms with Gasteiger partial charge in [0.2, 0.25) is 5.91 Å². The summed E-state index contributed by atoms with van der Waals surface area (Å²) in [6.45, 7) is 9.81. The van der Waals surface area contributed by atoms with Gasteiger partial charge in [-0.1, -0.05) is 40.2 Å². The molecule has 1 unspecified atom stereocenters. The van der Waals surface area contributed by atoms with Crippen molar-refractivity contribution in [2.45, 2.75) is 96.4 Å². The smallest absolute Gasteiger partial charge is 0.244 e. The van der Waals surface area contributed by atoms with Crippen LogP contribution >= 0.6 is 0 Å². The fourth-order valence-corrected chi connectivity index (χ4v) is 5.15. The number of hydrogen-bond acceptors (Lipinski definition) is 9. The zero-order valence-corrected chi connectivity index (χ0v) is 26.4. The van der Waals surface area contributed by atoms with Crippen LogP contribution in [0.2, 0.25) is 0 Å². The molecular weight excluding hydrogens is 588 g/mol. The zero-order valence-electron chi connectivity index (χ0n) is 26.4. The molecule has 3 aromatic rings. The fraction of sp³-hybridized carbons (Fsp3) is 0.581. The summed E-state index contributed by atoms with van der Waals surface area (Å²) in [5, 5.41) is 40.7. The van der Waals surface area contributed by atoms with E-state index in [1.54, 1.807) is 6.08 Å². The molecule has 1 fully saturated rings. The molecule has 1 amide bonds. The van der Waals surface area contributed by atoms with Crippen molar-refractivity contribution in [1.29, 1.82) is 0 Å². The van der Waals surface area contributed by atoms with Crippen molar-refractivity contribution < 1.29 is 33.6 Å². The summed E-state index contributed by atoms with van der Waals surface area (Å²) >= 11 is 0. The van der Waals surface area contributed by atoms with Crippen molar-refractivity contribution in [3.8, 4) is 0 Å². The number of aliphatic hydroxyl groups excluding tert-OH is 2. The quantitative estimate of drug-likeness (QED) is 0.146. The third-order valence-corrected chi connectivity index (χ3v) is 8.15. The highest BCUT2D eigenvalue weighted by molar-refractivity contribution is 5.88. The topological polar surface area (TPSA) is 164 Å². The lowest BCUT2D eigenvalue weighted by Crippen LogP contribution is -2.41. The highest BCUT2D eigenvalue weighted by atomic mass is 19.1. The maximum Gasteiger partial charge on any atom is 0.244 e. The van der Waals surface area contributed by atoms with Crippen molar-refractivity contribution in [3.63, 3.8) is 0 Å². The van der Waals surface area contributed by atoms with Crippen LogP contribution in [0, 0.1) is 23.5 Å². The highest BCUT2D eigenvalue weighted by Gasteiger charge is 2.53. The summed E-state index contributed by atoms with van der Waals surface area (Å²) in [6, 6.07) is 2.80. The average molecular weight is 634 g/mol. The number of ether oxygens (including phenoxy) is 1. The molecule has 1 saturated heterocycles. The molecule has 12 nitrogen and oxygen atoms in total. The first kappa shape index (κ1) is 35.9. The first-order chi connectivity index (χ1) is 21.3. The zero-order chi connectivity index (χ0) is 33.2. The van der Waals surface area contributed by atoms with Gasteiger partial charge in [-0.3, -0.25) is 4.79 Å². The van der Waals surface area contributed by atoms with Crippen LogP contribution < -0.4 is 5.32 Å². The van der Waals surface area contributed by atoms with E-state index in [4.69, 9.17) is 4.74 Å². The van der Waals surface area contributed by atoms with E-state index >= 15 is 0 Å². The van der Waals surface area contributed by atoms with E-state index in [9.17, 15) is 28.9 Å². The first-order valence-electron chi connectivity index (χ1n) is 15.1. The number of aromatic nitrogens is 6. The Hall–Kier alpha value is -3.59. The molecule has 0 bridgehead atoms. The fourth-order valence-electron chi connectivity index (χ4n) is 5.15. The van der Waals surface area contributed by atoms with E-state index in [0.29, 0.717) is 6.42 Å². The van der Waals surface area contributed by atoms with Gasteiger partial charge >= 0.3 is 0 Å². The summed E-state index contributed by atoms with van der Waals surface area (Å²) in [5.41, 5.74) is -2.19. The SMILES string of the molecule is CC[C@@H](O)C[C@H](C)C1O[C@]1(C)/C=C/C(=O)N[C@H](CO)[C@@H](C)CC.OC(Cn1cncn1)(Cn1cncn1)c1ccc(F)cc1F. The van der Waals surface area contributed by atoms with Crippen LogP contribution in [0.4, 0.5) is 8.78 Å². The normalized spacial score (nSPS) is 20.6. The summed E-state index contributed by atoms with van der Waals surface area (Å²) in [4.78, 5) is 19.6. The van der Waals surface area contributed by atoms with Gasteiger partial charge in [0, 0.05) is 17.7 Å². The van der Waals surface area contributed by atoms with Crippen LogP contribution in [0.1, 0.15) is 59.4 Å². The predicted molar refractivity (Wildman–Crippen MR) is 161 cm³/mol. The maximum absolute atomic E-state index is 14.1. The van der Waals surface area contributed by atoms with Crippen molar-refractivity contribution >= 4 is 5.91 Å². The molecule has 1 aliphatic rings. The van der Waals surface area contributed by atoms with Crippen molar-refractivity contribution in [1.82, 2.24) is 34.8 Å². The van der Waals surface area contributed by atoms with Gasteiger partial charge in [0.1, 0.15) is 48.1 Å². The van der Waals surface area contributed by atoms with Crippen molar-refractivity contribution in [2.24, 2.45) is 11.8 Å². The number of benzene rings is 1. The predicted octanol–water partition coefficient (Wildman–Crippen LogP) is 2.76. The van der Waals surface area contributed by atoms with Gasteiger partial charge in [-0.25, -0.2) is 28.1 Å². The third kappa shape index (κ3) is 10.2. The lowest BCUT2D eigenvalue weighted by Gasteiger charge is -2.28. The largest absolute Gasteiger partial charge is 0.394 e. The van der Waals surface area contributed by atoms with Crippen LogP contribution in [0.25, 0.3) is 0 Å². The van der Waals surface area contributed by atoms with E-state index in [2.05, 4.69) is 32.4 Å². The Balaban J connectivity index is 0.000000245. The van der Waals surface area contributed by atoms with Crippen LogP contribution in [0.3, 0.4) is 0 Å². The van der Waals surface area contributed by atoms with Gasteiger partial charge in [0.15, 0.2) is 0 Å². The number of carbonyl (C=O) groups is 1.